The molecule has 1 aromatic heterocycles. The van der Waals surface area contributed by atoms with E-state index in [0.717, 1.165) is 5.69 Å². The van der Waals surface area contributed by atoms with Crippen molar-refractivity contribution in [2.45, 2.75) is 13.8 Å². The maximum Gasteiger partial charge on any atom is 0.257 e. The van der Waals surface area contributed by atoms with Crippen molar-refractivity contribution in [3.63, 3.8) is 0 Å². The van der Waals surface area contributed by atoms with Gasteiger partial charge in [0.1, 0.15) is 0 Å². The number of amides is 2. The molecule has 1 aromatic rings. The topological polar surface area (TPSA) is 69.3 Å². The van der Waals surface area contributed by atoms with Gasteiger partial charge in [-0.25, -0.2) is 0 Å². The minimum absolute atomic E-state index is 0.0654. The number of rotatable bonds is 3. The zero-order chi connectivity index (χ0) is 13.2. The number of aromatic nitrogens is 2. The molecule has 94 valence electrons. The van der Waals surface area contributed by atoms with Gasteiger partial charge in [0.15, 0.2) is 0 Å². The number of nitrogens with one attached hydrogen (secondary N) is 1. The molecule has 0 atom stereocenters. The first-order valence-electron chi connectivity index (χ1n) is 5.31. The van der Waals surface area contributed by atoms with Crippen LogP contribution < -0.4 is 0 Å². The van der Waals surface area contributed by atoms with E-state index in [9.17, 15) is 9.59 Å². The van der Waals surface area contributed by atoms with Gasteiger partial charge in [-0.15, -0.1) is 0 Å². The van der Waals surface area contributed by atoms with Crippen LogP contribution in [-0.4, -0.2) is 59.5 Å². The maximum atomic E-state index is 12.1. The second kappa shape index (κ2) is 4.99. The van der Waals surface area contributed by atoms with Crippen LogP contribution in [0, 0.1) is 13.8 Å². The van der Waals surface area contributed by atoms with Crippen LogP contribution in [-0.2, 0) is 4.79 Å². The second-order valence-electron chi connectivity index (χ2n) is 4.26. The lowest BCUT2D eigenvalue weighted by molar-refractivity contribution is -0.129. The molecule has 6 heteroatoms. The van der Waals surface area contributed by atoms with E-state index in [4.69, 9.17) is 0 Å². The average molecular weight is 238 g/mol. The van der Waals surface area contributed by atoms with Crippen LogP contribution in [0.1, 0.15) is 21.7 Å². The molecule has 0 fully saturated rings. The lowest BCUT2D eigenvalue weighted by atomic mass is 10.2. The third-order valence-corrected chi connectivity index (χ3v) is 2.56. The van der Waals surface area contributed by atoms with E-state index in [1.165, 1.54) is 9.80 Å². The first-order valence-corrected chi connectivity index (χ1v) is 5.31. The highest BCUT2D eigenvalue weighted by Gasteiger charge is 2.21. The number of likely N-dealkylation sites (N-methyl/N-ethyl adjacent to an activating group) is 2. The lowest BCUT2D eigenvalue weighted by Crippen LogP contribution is -2.38. The van der Waals surface area contributed by atoms with Gasteiger partial charge in [0, 0.05) is 26.8 Å². The average Bonchev–Trinajstić information content (AvgIpc) is 2.57. The molecule has 1 rings (SSSR count). The molecule has 0 radical (unpaired) electrons. The van der Waals surface area contributed by atoms with E-state index in [1.54, 1.807) is 35.0 Å². The van der Waals surface area contributed by atoms with Crippen LogP contribution in [0.5, 0.6) is 0 Å². The van der Waals surface area contributed by atoms with Crippen molar-refractivity contribution in [3.8, 4) is 0 Å². The Bertz CT molecular complexity index is 417. The van der Waals surface area contributed by atoms with Crippen molar-refractivity contribution in [1.29, 1.82) is 0 Å². The molecule has 0 bridgehead atoms. The molecule has 0 aliphatic rings. The molecule has 1 N–H and O–H groups in total. The van der Waals surface area contributed by atoms with E-state index < -0.39 is 0 Å². The van der Waals surface area contributed by atoms with E-state index >= 15 is 0 Å². The fraction of sp³-hybridized carbons (Fsp3) is 0.545. The minimum atomic E-state index is -0.191. The monoisotopic (exact) mass is 238 g/mol. The SMILES string of the molecule is Cc1n[nH]c(C)c1C(=O)N(C)CC(=O)N(C)C. The summed E-state index contributed by atoms with van der Waals surface area (Å²) in [6.45, 7) is 3.61. The molecule has 6 nitrogen and oxygen atoms in total. The fourth-order valence-corrected chi connectivity index (χ4v) is 1.47. The van der Waals surface area contributed by atoms with Crippen molar-refractivity contribution >= 4 is 11.8 Å². The summed E-state index contributed by atoms with van der Waals surface area (Å²) in [5.74, 6) is -0.302. The lowest BCUT2D eigenvalue weighted by Gasteiger charge is -2.19. The number of hydrogen-bond acceptors (Lipinski definition) is 3. The predicted octanol–water partition coefficient (Wildman–Crippen LogP) is 0.187. The Labute approximate surface area is 101 Å². The largest absolute Gasteiger partial charge is 0.347 e. The molecule has 17 heavy (non-hydrogen) atoms. The molecule has 2 amide bonds. The highest BCUT2D eigenvalue weighted by atomic mass is 16.2. The summed E-state index contributed by atoms with van der Waals surface area (Å²) in [5, 5.41) is 6.72. The third-order valence-electron chi connectivity index (χ3n) is 2.56. The number of nitrogens with zero attached hydrogens (tertiary/aromatic N) is 3. The molecule has 0 unspecified atom stereocenters. The molecule has 0 saturated heterocycles. The van der Waals surface area contributed by atoms with Crippen LogP contribution in [0.15, 0.2) is 0 Å². The summed E-state index contributed by atoms with van der Waals surface area (Å²) in [6.07, 6.45) is 0. The van der Waals surface area contributed by atoms with Crippen LogP contribution >= 0.6 is 0 Å². The molecule has 1 heterocycles. The van der Waals surface area contributed by atoms with Gasteiger partial charge in [-0.2, -0.15) is 5.10 Å². The van der Waals surface area contributed by atoms with Crippen LogP contribution in [0.25, 0.3) is 0 Å². The number of carbonyl (C=O) groups is 2. The van der Waals surface area contributed by atoms with Gasteiger partial charge in [-0.05, 0) is 13.8 Å². The van der Waals surface area contributed by atoms with Crippen LogP contribution in [0.4, 0.5) is 0 Å². The second-order valence-corrected chi connectivity index (χ2v) is 4.26. The Kier molecular flexibility index (Phi) is 3.88. The predicted molar refractivity (Wildman–Crippen MR) is 63.7 cm³/mol. The van der Waals surface area contributed by atoms with E-state index in [-0.39, 0.29) is 18.4 Å². The highest BCUT2D eigenvalue weighted by Crippen LogP contribution is 2.11. The molecule has 0 aliphatic heterocycles. The van der Waals surface area contributed by atoms with Gasteiger partial charge in [0.2, 0.25) is 5.91 Å². The number of H-pyrrole nitrogens is 1. The number of hydrogen-bond donors (Lipinski definition) is 1. The third kappa shape index (κ3) is 2.83. The van der Waals surface area contributed by atoms with Gasteiger partial charge < -0.3 is 9.80 Å². The van der Waals surface area contributed by atoms with E-state index in [0.29, 0.717) is 11.3 Å². The van der Waals surface area contributed by atoms with E-state index in [1.807, 2.05) is 0 Å². The minimum Gasteiger partial charge on any atom is -0.347 e. The summed E-state index contributed by atoms with van der Waals surface area (Å²) < 4.78 is 0. The van der Waals surface area contributed by atoms with Crippen LogP contribution in [0.2, 0.25) is 0 Å². The van der Waals surface area contributed by atoms with Gasteiger partial charge in [0.05, 0.1) is 17.8 Å². The number of carbonyl (C=O) groups excluding carboxylic acids is 2. The zero-order valence-electron chi connectivity index (χ0n) is 10.9. The fourth-order valence-electron chi connectivity index (χ4n) is 1.47. The molecular formula is C11H18N4O2. The zero-order valence-corrected chi connectivity index (χ0v) is 10.9. The van der Waals surface area contributed by atoms with Gasteiger partial charge in [-0.3, -0.25) is 14.7 Å². The summed E-state index contributed by atoms with van der Waals surface area (Å²) in [4.78, 5) is 26.5. The molecule has 0 spiro atoms. The van der Waals surface area contributed by atoms with Crippen molar-refractivity contribution < 1.29 is 9.59 Å². The Morgan fingerprint density at radius 3 is 2.24 bits per heavy atom. The van der Waals surface area contributed by atoms with Gasteiger partial charge in [-0.1, -0.05) is 0 Å². The standard InChI is InChI=1S/C11H18N4O2/c1-7-10(8(2)13-12-7)11(17)15(5)6-9(16)14(3)4/h6H2,1-5H3,(H,12,13). The maximum absolute atomic E-state index is 12.1. The first-order chi connectivity index (χ1) is 7.84. The Balaban J connectivity index is 2.81. The Morgan fingerprint density at radius 1 is 1.24 bits per heavy atom. The highest BCUT2D eigenvalue weighted by molar-refractivity contribution is 5.98. The first kappa shape index (κ1) is 13.2. The van der Waals surface area contributed by atoms with Crippen molar-refractivity contribution in [2.24, 2.45) is 0 Å². The summed E-state index contributed by atoms with van der Waals surface area (Å²) in [6, 6.07) is 0. The summed E-state index contributed by atoms with van der Waals surface area (Å²) >= 11 is 0. The normalized spacial score (nSPS) is 10.2. The molecule has 0 aliphatic carbocycles. The number of aromatic amines is 1. The summed E-state index contributed by atoms with van der Waals surface area (Å²) in [5.41, 5.74) is 1.91. The van der Waals surface area contributed by atoms with E-state index in [2.05, 4.69) is 10.2 Å². The Hall–Kier alpha value is -1.85. The van der Waals surface area contributed by atoms with Crippen molar-refractivity contribution in [1.82, 2.24) is 20.0 Å². The molecule has 0 saturated carbocycles. The molecule has 0 aromatic carbocycles. The van der Waals surface area contributed by atoms with Crippen molar-refractivity contribution in [3.05, 3.63) is 17.0 Å². The molecular weight excluding hydrogens is 220 g/mol. The van der Waals surface area contributed by atoms with Crippen molar-refractivity contribution in [2.75, 3.05) is 27.7 Å². The quantitative estimate of drug-likeness (QED) is 0.817. The smallest absolute Gasteiger partial charge is 0.257 e. The summed E-state index contributed by atoms with van der Waals surface area (Å²) in [7, 11) is 4.93. The van der Waals surface area contributed by atoms with Gasteiger partial charge in [0.25, 0.3) is 5.91 Å². The Morgan fingerprint density at radius 2 is 1.82 bits per heavy atom. The number of aryl methyl sites for hydroxylation is 2. The van der Waals surface area contributed by atoms with Gasteiger partial charge >= 0.3 is 0 Å². The van der Waals surface area contributed by atoms with Crippen LogP contribution in [0.3, 0.4) is 0 Å².